The summed E-state index contributed by atoms with van der Waals surface area (Å²) >= 11 is 1.58. The quantitative estimate of drug-likeness (QED) is 0.827. The summed E-state index contributed by atoms with van der Waals surface area (Å²) in [6.07, 6.45) is 2.03. The largest absolute Gasteiger partial charge is 0.468 e. The molecule has 2 heterocycles. The Morgan fingerprint density at radius 1 is 1.17 bits per heavy atom. The molecule has 1 aromatic heterocycles. The molecule has 0 radical (unpaired) electrons. The minimum atomic E-state index is -0.0889. The van der Waals surface area contributed by atoms with Crippen LogP contribution in [0.3, 0.4) is 0 Å². The molecule has 1 aliphatic rings. The van der Waals surface area contributed by atoms with Crippen LogP contribution in [0, 0.1) is 0 Å². The molecule has 0 unspecified atom stereocenters. The Kier molecular flexibility index (Phi) is 3.02. The smallest absolute Gasteiger partial charge is 0.248 e. The molecule has 0 spiro atoms. The van der Waals surface area contributed by atoms with Crippen LogP contribution in [-0.2, 0) is 4.79 Å². The fourth-order valence-electron chi connectivity index (χ4n) is 1.87. The maximum atomic E-state index is 11.7. The molecule has 3 nitrogen and oxygen atoms in total. The molecule has 1 aliphatic heterocycles. The van der Waals surface area contributed by atoms with Crippen molar-refractivity contribution < 1.29 is 9.21 Å². The van der Waals surface area contributed by atoms with Crippen LogP contribution in [0.1, 0.15) is 23.0 Å². The van der Waals surface area contributed by atoms with Crippen molar-refractivity contribution in [2.24, 2.45) is 4.99 Å². The fraction of sp³-hybridized carbons (Fsp3) is 0.143. The van der Waals surface area contributed by atoms with Crippen molar-refractivity contribution in [3.8, 4) is 0 Å². The first-order valence-electron chi connectivity index (χ1n) is 5.70. The van der Waals surface area contributed by atoms with E-state index in [1.165, 1.54) is 0 Å². The van der Waals surface area contributed by atoms with Gasteiger partial charge in [0.05, 0.1) is 11.5 Å². The maximum Gasteiger partial charge on any atom is 0.248 e. The SMILES string of the molecule is O=C1C[C@@H](c2ccco2)SC(c2ccccc2)=N1. The van der Waals surface area contributed by atoms with Crippen LogP contribution >= 0.6 is 11.8 Å². The van der Waals surface area contributed by atoms with E-state index in [-0.39, 0.29) is 11.2 Å². The molecule has 1 amide bonds. The van der Waals surface area contributed by atoms with E-state index in [2.05, 4.69) is 4.99 Å². The molecule has 1 aromatic carbocycles. The van der Waals surface area contributed by atoms with Crippen LogP contribution in [0.4, 0.5) is 0 Å². The first kappa shape index (κ1) is 11.3. The molecule has 0 saturated heterocycles. The van der Waals surface area contributed by atoms with Crippen molar-refractivity contribution in [1.29, 1.82) is 0 Å². The highest BCUT2D eigenvalue weighted by molar-refractivity contribution is 8.14. The summed E-state index contributed by atoms with van der Waals surface area (Å²) in [6, 6.07) is 13.5. The van der Waals surface area contributed by atoms with Gasteiger partial charge in [0.1, 0.15) is 10.8 Å². The number of hydrogen-bond acceptors (Lipinski definition) is 3. The third-order valence-electron chi connectivity index (χ3n) is 2.72. The van der Waals surface area contributed by atoms with E-state index in [1.807, 2.05) is 42.5 Å². The fourth-order valence-corrected chi connectivity index (χ4v) is 3.04. The molecule has 0 saturated carbocycles. The van der Waals surface area contributed by atoms with Crippen molar-refractivity contribution in [2.45, 2.75) is 11.7 Å². The second kappa shape index (κ2) is 4.82. The Bertz CT molecular complexity index is 575. The van der Waals surface area contributed by atoms with E-state index in [1.54, 1.807) is 18.0 Å². The third-order valence-corrected chi connectivity index (χ3v) is 3.96. The molecule has 2 aromatic rings. The number of hydrogen-bond donors (Lipinski definition) is 0. The van der Waals surface area contributed by atoms with Gasteiger partial charge in [-0.3, -0.25) is 4.79 Å². The van der Waals surface area contributed by atoms with Crippen molar-refractivity contribution in [1.82, 2.24) is 0 Å². The molecular formula is C14H11NO2S. The summed E-state index contributed by atoms with van der Waals surface area (Å²) in [6.45, 7) is 0. The summed E-state index contributed by atoms with van der Waals surface area (Å²) in [7, 11) is 0. The van der Waals surface area contributed by atoms with E-state index in [0.29, 0.717) is 6.42 Å². The lowest BCUT2D eigenvalue weighted by molar-refractivity contribution is -0.117. The standard InChI is InChI=1S/C14H11NO2S/c16-13-9-12(11-7-4-8-17-11)18-14(15-13)10-5-2-1-3-6-10/h1-8,12H,9H2/t12-/m0/s1. The molecule has 0 N–H and O–H groups in total. The highest BCUT2D eigenvalue weighted by Gasteiger charge is 2.26. The van der Waals surface area contributed by atoms with E-state index >= 15 is 0 Å². The molecule has 1 atom stereocenters. The topological polar surface area (TPSA) is 42.6 Å². The van der Waals surface area contributed by atoms with Crippen molar-refractivity contribution >= 4 is 22.7 Å². The van der Waals surface area contributed by atoms with E-state index in [0.717, 1.165) is 16.4 Å². The minimum absolute atomic E-state index is 0.0280. The molecule has 18 heavy (non-hydrogen) atoms. The van der Waals surface area contributed by atoms with Crippen LogP contribution in [0.15, 0.2) is 58.1 Å². The molecule has 4 heteroatoms. The van der Waals surface area contributed by atoms with Gasteiger partial charge in [0.2, 0.25) is 5.91 Å². The van der Waals surface area contributed by atoms with Crippen LogP contribution < -0.4 is 0 Å². The lowest BCUT2D eigenvalue weighted by atomic mass is 10.2. The Balaban J connectivity index is 1.90. The average molecular weight is 257 g/mol. The van der Waals surface area contributed by atoms with Crippen LogP contribution in [-0.4, -0.2) is 11.0 Å². The number of carbonyl (C=O) groups excluding carboxylic acids is 1. The number of thioether (sulfide) groups is 1. The number of rotatable bonds is 2. The Morgan fingerprint density at radius 2 is 2.00 bits per heavy atom. The zero-order valence-electron chi connectivity index (χ0n) is 9.58. The Labute approximate surface area is 109 Å². The zero-order valence-corrected chi connectivity index (χ0v) is 10.4. The van der Waals surface area contributed by atoms with Gasteiger partial charge in [-0.15, -0.1) is 0 Å². The van der Waals surface area contributed by atoms with E-state index < -0.39 is 0 Å². The first-order valence-corrected chi connectivity index (χ1v) is 6.58. The molecular weight excluding hydrogens is 246 g/mol. The molecule has 0 aliphatic carbocycles. The van der Waals surface area contributed by atoms with Gasteiger partial charge < -0.3 is 4.42 Å². The summed E-state index contributed by atoms with van der Waals surface area (Å²) in [5, 5.41) is 0.799. The first-order chi connectivity index (χ1) is 8.83. The maximum absolute atomic E-state index is 11.7. The van der Waals surface area contributed by atoms with Crippen LogP contribution in [0.2, 0.25) is 0 Å². The number of aliphatic imine (C=N–C) groups is 1. The summed E-state index contributed by atoms with van der Waals surface area (Å²) in [5.41, 5.74) is 0.979. The van der Waals surface area contributed by atoms with Crippen molar-refractivity contribution in [2.75, 3.05) is 0 Å². The second-order valence-electron chi connectivity index (χ2n) is 4.00. The molecule has 3 rings (SSSR count). The molecule has 90 valence electrons. The van der Waals surface area contributed by atoms with Gasteiger partial charge in [-0.25, -0.2) is 4.99 Å². The number of carbonyl (C=O) groups is 1. The van der Waals surface area contributed by atoms with E-state index in [4.69, 9.17) is 4.42 Å². The lowest BCUT2D eigenvalue weighted by Gasteiger charge is -2.18. The Morgan fingerprint density at radius 3 is 2.72 bits per heavy atom. The van der Waals surface area contributed by atoms with Gasteiger partial charge in [-0.05, 0) is 12.1 Å². The van der Waals surface area contributed by atoms with Gasteiger partial charge in [-0.1, -0.05) is 42.1 Å². The predicted octanol–water partition coefficient (Wildman–Crippen LogP) is 3.43. The number of nitrogens with zero attached hydrogens (tertiary/aromatic N) is 1. The second-order valence-corrected chi connectivity index (χ2v) is 5.19. The van der Waals surface area contributed by atoms with Gasteiger partial charge in [-0.2, -0.15) is 0 Å². The summed E-state index contributed by atoms with van der Waals surface area (Å²) < 4.78 is 5.38. The third kappa shape index (κ3) is 2.24. The zero-order chi connectivity index (χ0) is 12.4. The van der Waals surface area contributed by atoms with E-state index in [9.17, 15) is 4.79 Å². The highest BCUT2D eigenvalue weighted by atomic mass is 32.2. The average Bonchev–Trinajstić information content (AvgIpc) is 2.93. The summed E-state index contributed by atoms with van der Waals surface area (Å²) in [4.78, 5) is 15.8. The van der Waals surface area contributed by atoms with Crippen molar-refractivity contribution in [3.05, 3.63) is 60.1 Å². The number of furan rings is 1. The van der Waals surface area contributed by atoms with Crippen molar-refractivity contribution in [3.63, 3.8) is 0 Å². The van der Waals surface area contributed by atoms with Crippen LogP contribution in [0.5, 0.6) is 0 Å². The van der Waals surface area contributed by atoms with Gasteiger partial charge in [0, 0.05) is 12.0 Å². The molecule has 0 fully saturated rings. The number of benzene rings is 1. The monoisotopic (exact) mass is 257 g/mol. The summed E-state index contributed by atoms with van der Waals surface area (Å²) in [5.74, 6) is 0.741. The Hall–Kier alpha value is -1.81. The molecule has 0 bridgehead atoms. The van der Waals surface area contributed by atoms with Gasteiger partial charge >= 0.3 is 0 Å². The predicted molar refractivity (Wildman–Crippen MR) is 71.6 cm³/mol. The number of amides is 1. The van der Waals surface area contributed by atoms with Gasteiger partial charge in [0.25, 0.3) is 0 Å². The minimum Gasteiger partial charge on any atom is -0.468 e. The lowest BCUT2D eigenvalue weighted by Crippen LogP contribution is -2.13. The van der Waals surface area contributed by atoms with Gasteiger partial charge in [0.15, 0.2) is 0 Å². The normalized spacial score (nSPS) is 19.7. The highest BCUT2D eigenvalue weighted by Crippen LogP contribution is 2.38. The van der Waals surface area contributed by atoms with Crippen LogP contribution in [0.25, 0.3) is 0 Å².